The van der Waals surface area contributed by atoms with E-state index in [1.807, 2.05) is 0 Å². The van der Waals surface area contributed by atoms with Gasteiger partial charge in [0, 0.05) is 0 Å². The van der Waals surface area contributed by atoms with Crippen molar-refractivity contribution in [2.45, 2.75) is 6.54 Å². The molecule has 0 aliphatic carbocycles. The lowest BCUT2D eigenvalue weighted by Gasteiger charge is -2.14. The molecule has 0 saturated carbocycles. The summed E-state index contributed by atoms with van der Waals surface area (Å²) in [5.41, 5.74) is 0.947. The molecule has 0 bridgehead atoms. The molecule has 124 valence electrons. The quantitative estimate of drug-likeness (QED) is 0.795. The van der Waals surface area contributed by atoms with Crippen LogP contribution in [0.1, 0.15) is 26.3 Å². The van der Waals surface area contributed by atoms with E-state index in [9.17, 15) is 14.0 Å². The highest BCUT2D eigenvalue weighted by Gasteiger charge is 2.39. The third-order valence-corrected chi connectivity index (χ3v) is 4.09. The Bertz CT molecular complexity index is 853. The van der Waals surface area contributed by atoms with Crippen LogP contribution in [0.15, 0.2) is 30.3 Å². The second kappa shape index (κ2) is 6.13. The highest BCUT2D eigenvalue weighted by molar-refractivity contribution is 6.30. The van der Waals surface area contributed by atoms with Crippen LogP contribution >= 0.6 is 11.6 Å². The van der Waals surface area contributed by atoms with Crippen molar-refractivity contribution < 1.29 is 23.5 Å². The number of rotatable bonds is 4. The number of halogens is 2. The maximum absolute atomic E-state index is 13.3. The topological polar surface area (TPSA) is 55.8 Å². The molecular weight excluding hydrogens is 337 g/mol. The summed E-state index contributed by atoms with van der Waals surface area (Å²) < 4.78 is 23.7. The standard InChI is InChI=1S/C17H13ClFNO4/c1-23-13-6-4-10-14(15(13)24-2)17(22)20(16(10)21)8-9-3-5-12(19)11(18)7-9/h3-7H,8H2,1-2H3. The van der Waals surface area contributed by atoms with Gasteiger partial charge in [0.1, 0.15) is 5.82 Å². The number of imide groups is 1. The predicted octanol–water partition coefficient (Wildman–Crippen LogP) is 3.29. The molecule has 0 N–H and O–H groups in total. The fraction of sp³-hybridized carbons (Fsp3) is 0.176. The van der Waals surface area contributed by atoms with Gasteiger partial charge in [-0.15, -0.1) is 0 Å². The Morgan fingerprint density at radius 3 is 2.46 bits per heavy atom. The van der Waals surface area contributed by atoms with Gasteiger partial charge in [-0.2, -0.15) is 0 Å². The lowest BCUT2D eigenvalue weighted by atomic mass is 10.1. The highest BCUT2D eigenvalue weighted by Crippen LogP contribution is 2.38. The summed E-state index contributed by atoms with van der Waals surface area (Å²) in [4.78, 5) is 26.3. The Morgan fingerprint density at radius 2 is 1.83 bits per heavy atom. The van der Waals surface area contributed by atoms with E-state index in [0.29, 0.717) is 11.3 Å². The van der Waals surface area contributed by atoms with Gasteiger partial charge in [0.2, 0.25) is 0 Å². The van der Waals surface area contributed by atoms with Gasteiger partial charge in [0.15, 0.2) is 11.5 Å². The first-order chi connectivity index (χ1) is 11.5. The molecule has 0 spiro atoms. The van der Waals surface area contributed by atoms with Gasteiger partial charge in [-0.3, -0.25) is 14.5 Å². The largest absolute Gasteiger partial charge is 0.493 e. The highest BCUT2D eigenvalue weighted by atomic mass is 35.5. The number of benzene rings is 2. The summed E-state index contributed by atoms with van der Waals surface area (Å²) in [6.07, 6.45) is 0. The van der Waals surface area contributed by atoms with Crippen LogP contribution in [0.5, 0.6) is 11.5 Å². The van der Waals surface area contributed by atoms with Crippen LogP contribution in [-0.4, -0.2) is 30.9 Å². The number of hydrogen-bond donors (Lipinski definition) is 0. The van der Waals surface area contributed by atoms with Crippen molar-refractivity contribution in [2.24, 2.45) is 0 Å². The number of fused-ring (bicyclic) bond motifs is 1. The van der Waals surface area contributed by atoms with Crippen LogP contribution in [-0.2, 0) is 6.54 Å². The van der Waals surface area contributed by atoms with Crippen molar-refractivity contribution >= 4 is 23.4 Å². The molecule has 1 aliphatic rings. The molecule has 2 aromatic carbocycles. The van der Waals surface area contributed by atoms with Crippen molar-refractivity contribution in [1.82, 2.24) is 4.90 Å². The van der Waals surface area contributed by atoms with Gasteiger partial charge in [-0.25, -0.2) is 4.39 Å². The van der Waals surface area contributed by atoms with Gasteiger partial charge < -0.3 is 9.47 Å². The normalized spacial score (nSPS) is 13.2. The first-order valence-electron chi connectivity index (χ1n) is 7.03. The van der Waals surface area contributed by atoms with Gasteiger partial charge >= 0.3 is 0 Å². The summed E-state index contributed by atoms with van der Waals surface area (Å²) in [6, 6.07) is 7.15. The number of ether oxygens (including phenoxy) is 2. The van der Waals surface area contributed by atoms with E-state index in [2.05, 4.69) is 0 Å². The second-order valence-electron chi connectivity index (χ2n) is 5.17. The monoisotopic (exact) mass is 349 g/mol. The van der Waals surface area contributed by atoms with E-state index in [1.165, 1.54) is 38.5 Å². The summed E-state index contributed by atoms with van der Waals surface area (Å²) in [5.74, 6) is -0.922. The second-order valence-corrected chi connectivity index (χ2v) is 5.58. The molecule has 3 rings (SSSR count). The molecule has 5 nitrogen and oxygen atoms in total. The smallest absolute Gasteiger partial charge is 0.265 e. The van der Waals surface area contributed by atoms with Crippen LogP contribution in [0.3, 0.4) is 0 Å². The molecule has 0 unspecified atom stereocenters. The molecule has 1 heterocycles. The maximum atomic E-state index is 13.3. The van der Waals surface area contributed by atoms with Crippen LogP contribution in [0.25, 0.3) is 0 Å². The average molecular weight is 350 g/mol. The molecule has 0 aromatic heterocycles. The van der Waals surface area contributed by atoms with Gasteiger partial charge in [0.25, 0.3) is 11.8 Å². The summed E-state index contributed by atoms with van der Waals surface area (Å²) >= 11 is 5.75. The number of hydrogen-bond acceptors (Lipinski definition) is 4. The number of carbonyl (C=O) groups is 2. The van der Waals surface area contributed by atoms with E-state index in [4.69, 9.17) is 21.1 Å². The summed E-state index contributed by atoms with van der Waals surface area (Å²) in [6.45, 7) is -0.0161. The van der Waals surface area contributed by atoms with Crippen LogP contribution in [0.4, 0.5) is 4.39 Å². The van der Waals surface area contributed by atoms with E-state index >= 15 is 0 Å². The Balaban J connectivity index is 1.99. The lowest BCUT2D eigenvalue weighted by Crippen LogP contribution is -2.29. The van der Waals surface area contributed by atoms with E-state index in [0.717, 1.165) is 4.90 Å². The fourth-order valence-corrected chi connectivity index (χ4v) is 2.86. The van der Waals surface area contributed by atoms with E-state index in [1.54, 1.807) is 6.07 Å². The van der Waals surface area contributed by atoms with Gasteiger partial charge in [0.05, 0.1) is 36.9 Å². The van der Waals surface area contributed by atoms with E-state index < -0.39 is 17.6 Å². The molecule has 2 amide bonds. The number of carbonyl (C=O) groups excluding carboxylic acids is 2. The molecular formula is C17H13ClFNO4. The molecule has 0 fully saturated rings. The first-order valence-corrected chi connectivity index (χ1v) is 7.40. The zero-order valence-electron chi connectivity index (χ0n) is 12.9. The molecule has 24 heavy (non-hydrogen) atoms. The Labute approximate surface area is 142 Å². The Hall–Kier alpha value is -2.60. The molecule has 1 aliphatic heterocycles. The van der Waals surface area contributed by atoms with Crippen LogP contribution in [0.2, 0.25) is 5.02 Å². The first kappa shape index (κ1) is 16.3. The molecule has 7 heteroatoms. The minimum atomic E-state index is -0.561. The maximum Gasteiger partial charge on any atom is 0.265 e. The number of amides is 2. The van der Waals surface area contributed by atoms with Crippen LogP contribution in [0, 0.1) is 5.82 Å². The number of nitrogens with zero attached hydrogens (tertiary/aromatic N) is 1. The third kappa shape index (κ3) is 2.49. The lowest BCUT2D eigenvalue weighted by molar-refractivity contribution is 0.0641. The van der Waals surface area contributed by atoms with Crippen LogP contribution < -0.4 is 9.47 Å². The fourth-order valence-electron chi connectivity index (χ4n) is 2.65. The molecule has 2 aromatic rings. The molecule has 0 saturated heterocycles. The van der Waals surface area contributed by atoms with Crippen molar-refractivity contribution in [3.8, 4) is 11.5 Å². The zero-order valence-corrected chi connectivity index (χ0v) is 13.7. The summed E-state index contributed by atoms with van der Waals surface area (Å²) in [7, 11) is 2.85. The van der Waals surface area contributed by atoms with Crippen molar-refractivity contribution in [1.29, 1.82) is 0 Å². The van der Waals surface area contributed by atoms with Crippen molar-refractivity contribution in [2.75, 3.05) is 14.2 Å². The Morgan fingerprint density at radius 1 is 1.08 bits per heavy atom. The average Bonchev–Trinajstić information content (AvgIpc) is 2.82. The predicted molar refractivity (Wildman–Crippen MR) is 85.2 cm³/mol. The molecule has 0 radical (unpaired) electrons. The third-order valence-electron chi connectivity index (χ3n) is 3.80. The van der Waals surface area contributed by atoms with Crippen molar-refractivity contribution in [3.63, 3.8) is 0 Å². The Kier molecular flexibility index (Phi) is 4.15. The SMILES string of the molecule is COc1ccc2c(c1OC)C(=O)N(Cc1ccc(F)c(Cl)c1)C2=O. The zero-order chi connectivity index (χ0) is 17.4. The molecule has 0 atom stereocenters. The number of methoxy groups -OCH3 is 2. The van der Waals surface area contributed by atoms with Gasteiger partial charge in [-0.1, -0.05) is 17.7 Å². The van der Waals surface area contributed by atoms with Crippen molar-refractivity contribution in [3.05, 3.63) is 57.9 Å². The van der Waals surface area contributed by atoms with E-state index in [-0.39, 0.29) is 28.4 Å². The van der Waals surface area contributed by atoms with Gasteiger partial charge in [-0.05, 0) is 29.8 Å². The minimum absolute atomic E-state index is 0.0161. The minimum Gasteiger partial charge on any atom is -0.493 e. The summed E-state index contributed by atoms with van der Waals surface area (Å²) in [5, 5.41) is -0.0663.